The fraction of sp³-hybridized carbons (Fsp3) is 0.333. The van der Waals surface area contributed by atoms with Crippen LogP contribution in [0.2, 0.25) is 0 Å². The Bertz CT molecular complexity index is 1150. The van der Waals surface area contributed by atoms with Gasteiger partial charge in [0.25, 0.3) is 5.56 Å². The van der Waals surface area contributed by atoms with Crippen LogP contribution in [0.1, 0.15) is 40.9 Å². The number of ketones is 1. The van der Waals surface area contributed by atoms with E-state index in [2.05, 4.69) is 11.1 Å². The van der Waals surface area contributed by atoms with Crippen molar-refractivity contribution < 1.29 is 9.53 Å². The first-order chi connectivity index (χ1) is 13.6. The van der Waals surface area contributed by atoms with E-state index in [0.29, 0.717) is 34.5 Å². The number of methoxy groups -OCH3 is 1. The normalized spacial score (nSPS) is 13.6. The van der Waals surface area contributed by atoms with Crippen LogP contribution in [0.25, 0.3) is 11.0 Å². The van der Waals surface area contributed by atoms with Crippen LogP contribution in [0.3, 0.4) is 0 Å². The van der Waals surface area contributed by atoms with Gasteiger partial charge in [-0.2, -0.15) is 5.26 Å². The molecule has 0 N–H and O–H groups in total. The molecule has 1 aliphatic rings. The van der Waals surface area contributed by atoms with Gasteiger partial charge in [-0.05, 0) is 43.5 Å². The number of carbonyl (C=O) groups is 1. The second kappa shape index (κ2) is 7.31. The third kappa shape index (κ3) is 2.97. The Morgan fingerprint density at radius 1 is 1.25 bits per heavy atom. The zero-order chi connectivity index (χ0) is 19.7. The summed E-state index contributed by atoms with van der Waals surface area (Å²) in [6.45, 7) is 0.595. The molecule has 0 fully saturated rings. The van der Waals surface area contributed by atoms with E-state index in [4.69, 9.17) is 4.74 Å². The Hall–Kier alpha value is -3.40. The van der Waals surface area contributed by atoms with Gasteiger partial charge in [-0.25, -0.2) is 4.98 Å². The highest BCUT2D eigenvalue weighted by atomic mass is 16.5. The molecule has 2 aromatic heterocycles. The molecule has 0 atom stereocenters. The lowest BCUT2D eigenvalue weighted by molar-refractivity contribution is 0.0970. The molecule has 7 nitrogen and oxygen atoms in total. The largest absolute Gasteiger partial charge is 0.497 e. The highest BCUT2D eigenvalue weighted by molar-refractivity contribution is 5.96. The molecule has 0 unspecified atom stereocenters. The molecule has 0 radical (unpaired) electrons. The summed E-state index contributed by atoms with van der Waals surface area (Å²) in [7, 11) is 1.56. The van der Waals surface area contributed by atoms with Gasteiger partial charge in [0.1, 0.15) is 22.9 Å². The lowest BCUT2D eigenvalue weighted by atomic mass is 10.1. The van der Waals surface area contributed by atoms with Crippen molar-refractivity contribution in [3.05, 3.63) is 57.8 Å². The summed E-state index contributed by atoms with van der Waals surface area (Å²) in [5.74, 6) is 0.478. The minimum absolute atomic E-state index is 0.101. The van der Waals surface area contributed by atoms with Gasteiger partial charge in [-0.15, -0.1) is 0 Å². The first-order valence-corrected chi connectivity index (χ1v) is 9.32. The zero-order valence-electron chi connectivity index (χ0n) is 15.6. The van der Waals surface area contributed by atoms with Crippen LogP contribution in [-0.4, -0.2) is 27.0 Å². The lowest BCUT2D eigenvalue weighted by Crippen LogP contribution is -2.26. The summed E-state index contributed by atoms with van der Waals surface area (Å²) in [6, 6.07) is 9.00. The highest BCUT2D eigenvalue weighted by Gasteiger charge is 2.23. The third-order valence-corrected chi connectivity index (χ3v) is 5.27. The first-order valence-electron chi connectivity index (χ1n) is 9.32. The van der Waals surface area contributed by atoms with Gasteiger partial charge >= 0.3 is 0 Å². The monoisotopic (exact) mass is 376 g/mol. The van der Waals surface area contributed by atoms with Gasteiger partial charge in [0.2, 0.25) is 0 Å². The quantitative estimate of drug-likeness (QED) is 0.653. The lowest BCUT2D eigenvalue weighted by Gasteiger charge is -2.08. The number of nitriles is 1. The van der Waals surface area contributed by atoms with Gasteiger partial charge in [0, 0.05) is 17.8 Å². The predicted octanol–water partition coefficient (Wildman–Crippen LogP) is 2.69. The molecule has 0 spiro atoms. The van der Waals surface area contributed by atoms with Gasteiger partial charge in [0.05, 0.1) is 25.5 Å². The van der Waals surface area contributed by atoms with Gasteiger partial charge < -0.3 is 9.30 Å². The number of hydrogen-bond acceptors (Lipinski definition) is 5. The molecule has 0 amide bonds. The van der Waals surface area contributed by atoms with Crippen LogP contribution in [0.4, 0.5) is 0 Å². The van der Waals surface area contributed by atoms with E-state index in [1.807, 2.05) is 4.57 Å². The van der Waals surface area contributed by atoms with Crippen molar-refractivity contribution in [2.75, 3.05) is 7.11 Å². The minimum Gasteiger partial charge on any atom is -0.497 e. The number of hydrogen-bond donors (Lipinski definition) is 0. The maximum absolute atomic E-state index is 13.1. The van der Waals surface area contributed by atoms with E-state index in [0.717, 1.165) is 31.4 Å². The van der Waals surface area contributed by atoms with E-state index in [1.54, 1.807) is 31.4 Å². The topological polar surface area (TPSA) is 89.9 Å². The number of Topliss-reactive ketones (excluding diaryl/α,β-unsaturated/α-hetero) is 1. The Morgan fingerprint density at radius 3 is 2.75 bits per heavy atom. The molecule has 0 saturated heterocycles. The molecule has 7 heteroatoms. The smallest absolute Gasteiger partial charge is 0.278 e. The predicted molar refractivity (Wildman–Crippen MR) is 104 cm³/mol. The van der Waals surface area contributed by atoms with Crippen LogP contribution in [0.15, 0.2) is 35.4 Å². The standard InChI is InChI=1S/C21H20N4O3/c1-28-15-8-6-14(7-9-15)18(26)12-24-13-23-19-16(11-22)17-5-3-2-4-10-25(17)20(19)21(24)27/h6-9,13H,2-5,10,12H2,1H3. The molecule has 0 bridgehead atoms. The van der Waals surface area contributed by atoms with Crippen molar-refractivity contribution in [3.63, 3.8) is 0 Å². The summed E-state index contributed by atoms with van der Waals surface area (Å²) in [5, 5.41) is 9.59. The number of rotatable bonds is 4. The van der Waals surface area contributed by atoms with Gasteiger partial charge in [0.15, 0.2) is 5.78 Å². The number of benzene rings is 1. The molecule has 4 rings (SSSR count). The van der Waals surface area contributed by atoms with E-state index in [-0.39, 0.29) is 17.9 Å². The maximum Gasteiger partial charge on any atom is 0.278 e. The molecule has 0 saturated carbocycles. The minimum atomic E-state index is -0.281. The van der Waals surface area contributed by atoms with E-state index >= 15 is 0 Å². The average molecular weight is 376 g/mol. The van der Waals surface area contributed by atoms with Crippen molar-refractivity contribution in [3.8, 4) is 11.8 Å². The number of ether oxygens (including phenoxy) is 1. The van der Waals surface area contributed by atoms with Crippen molar-refractivity contribution in [1.82, 2.24) is 14.1 Å². The van der Waals surface area contributed by atoms with Crippen LogP contribution < -0.4 is 10.3 Å². The SMILES string of the molecule is COc1ccc(C(=O)Cn2cnc3c(C#N)c4n(c3c2=O)CCCCC4)cc1. The fourth-order valence-corrected chi connectivity index (χ4v) is 3.81. The number of nitrogens with zero attached hydrogens (tertiary/aromatic N) is 4. The Kier molecular flexibility index (Phi) is 4.70. The number of aryl methyl sites for hydroxylation is 1. The molecule has 1 aromatic carbocycles. The highest BCUT2D eigenvalue weighted by Crippen LogP contribution is 2.26. The molecule has 3 heterocycles. The van der Waals surface area contributed by atoms with E-state index in [9.17, 15) is 14.9 Å². The van der Waals surface area contributed by atoms with Crippen LogP contribution in [-0.2, 0) is 19.5 Å². The van der Waals surface area contributed by atoms with E-state index in [1.165, 1.54) is 10.9 Å². The van der Waals surface area contributed by atoms with Gasteiger partial charge in [-0.1, -0.05) is 6.42 Å². The summed E-state index contributed by atoms with van der Waals surface area (Å²) >= 11 is 0. The molecule has 1 aliphatic heterocycles. The van der Waals surface area contributed by atoms with E-state index < -0.39 is 0 Å². The molecular formula is C21H20N4O3. The van der Waals surface area contributed by atoms with Crippen molar-refractivity contribution in [2.24, 2.45) is 0 Å². The van der Waals surface area contributed by atoms with Crippen LogP contribution in [0, 0.1) is 11.3 Å². The van der Waals surface area contributed by atoms with Crippen LogP contribution in [0.5, 0.6) is 5.75 Å². The zero-order valence-corrected chi connectivity index (χ0v) is 15.6. The molecule has 3 aromatic rings. The summed E-state index contributed by atoms with van der Waals surface area (Å²) < 4.78 is 8.37. The average Bonchev–Trinajstić information content (AvgIpc) is 2.85. The first kappa shape index (κ1) is 18.0. The van der Waals surface area contributed by atoms with Crippen molar-refractivity contribution in [2.45, 2.75) is 38.8 Å². The summed E-state index contributed by atoms with van der Waals surface area (Å²) in [5.41, 5.74) is 2.47. The van der Waals surface area contributed by atoms with Crippen molar-refractivity contribution >= 4 is 16.8 Å². The third-order valence-electron chi connectivity index (χ3n) is 5.27. The Morgan fingerprint density at radius 2 is 2.04 bits per heavy atom. The van der Waals surface area contributed by atoms with Crippen LogP contribution >= 0.6 is 0 Å². The van der Waals surface area contributed by atoms with Gasteiger partial charge in [-0.3, -0.25) is 14.2 Å². The fourth-order valence-electron chi connectivity index (χ4n) is 3.81. The Balaban J connectivity index is 1.75. The summed E-state index contributed by atoms with van der Waals surface area (Å²) in [6.07, 6.45) is 5.16. The number of fused-ring (bicyclic) bond motifs is 3. The number of aromatic nitrogens is 3. The van der Waals surface area contributed by atoms with Crippen molar-refractivity contribution in [1.29, 1.82) is 5.26 Å². The Labute approximate surface area is 161 Å². The molecule has 142 valence electrons. The molecular weight excluding hydrogens is 356 g/mol. The maximum atomic E-state index is 13.1. The second-order valence-corrected chi connectivity index (χ2v) is 6.92. The second-order valence-electron chi connectivity index (χ2n) is 6.92. The summed E-state index contributed by atoms with van der Waals surface area (Å²) in [4.78, 5) is 30.1. The number of carbonyl (C=O) groups excluding carboxylic acids is 1. The molecule has 28 heavy (non-hydrogen) atoms. The molecule has 0 aliphatic carbocycles.